The van der Waals surface area contributed by atoms with E-state index in [9.17, 15) is 9.90 Å². The van der Waals surface area contributed by atoms with E-state index in [2.05, 4.69) is 10.3 Å². The summed E-state index contributed by atoms with van der Waals surface area (Å²) in [5.74, 6) is 1.25. The smallest absolute Gasteiger partial charge is 0.270 e. The van der Waals surface area contributed by atoms with Crippen LogP contribution in [0.15, 0.2) is 24.4 Å². The van der Waals surface area contributed by atoms with Crippen molar-refractivity contribution in [3.63, 3.8) is 0 Å². The van der Waals surface area contributed by atoms with Crippen LogP contribution in [0, 0.1) is 17.8 Å². The summed E-state index contributed by atoms with van der Waals surface area (Å²) < 4.78 is 0. The molecule has 0 aliphatic heterocycles. The van der Waals surface area contributed by atoms with Gasteiger partial charge in [0.1, 0.15) is 5.69 Å². The lowest BCUT2D eigenvalue weighted by atomic mass is 9.85. The maximum Gasteiger partial charge on any atom is 0.270 e. The number of aliphatic hydroxyl groups excluding tert-OH is 1. The number of carbonyl (C=O) groups is 1. The van der Waals surface area contributed by atoms with Gasteiger partial charge in [0.2, 0.25) is 0 Å². The van der Waals surface area contributed by atoms with Crippen molar-refractivity contribution in [3.05, 3.63) is 30.1 Å². The second-order valence-electron chi connectivity index (χ2n) is 5.39. The van der Waals surface area contributed by atoms with Crippen molar-refractivity contribution < 1.29 is 9.90 Å². The maximum absolute atomic E-state index is 12.1. The number of nitrogens with one attached hydrogen (secondary N) is 1. The minimum absolute atomic E-state index is 0.119. The van der Waals surface area contributed by atoms with Gasteiger partial charge >= 0.3 is 0 Å². The van der Waals surface area contributed by atoms with Crippen LogP contribution in [0.4, 0.5) is 0 Å². The summed E-state index contributed by atoms with van der Waals surface area (Å²) in [6.07, 6.45) is 5.15. The highest BCUT2D eigenvalue weighted by atomic mass is 16.3. The van der Waals surface area contributed by atoms with Crippen LogP contribution < -0.4 is 5.32 Å². The van der Waals surface area contributed by atoms with E-state index in [1.807, 2.05) is 6.07 Å². The summed E-state index contributed by atoms with van der Waals surface area (Å²) in [5, 5.41) is 12.5. The molecule has 2 aliphatic carbocycles. The number of fused-ring (bicyclic) bond motifs is 2. The van der Waals surface area contributed by atoms with Gasteiger partial charge in [-0.3, -0.25) is 9.78 Å². The second kappa shape index (κ2) is 4.69. The number of aromatic nitrogens is 1. The summed E-state index contributed by atoms with van der Waals surface area (Å²) in [5.41, 5.74) is 0.456. The van der Waals surface area contributed by atoms with Crippen LogP contribution in [0.3, 0.4) is 0 Å². The Morgan fingerprint density at radius 3 is 2.94 bits per heavy atom. The highest BCUT2D eigenvalue weighted by Gasteiger charge is 2.47. The lowest BCUT2D eigenvalue weighted by molar-refractivity contribution is 0.0856. The Balaban J connectivity index is 1.71. The zero-order valence-electron chi connectivity index (χ0n) is 10.2. The zero-order valence-corrected chi connectivity index (χ0v) is 10.2. The van der Waals surface area contributed by atoms with Crippen LogP contribution in [0.1, 0.15) is 29.8 Å². The van der Waals surface area contributed by atoms with E-state index in [0.29, 0.717) is 17.5 Å². The number of hydrogen-bond donors (Lipinski definition) is 2. The predicted octanol–water partition coefficient (Wildman–Crippen LogP) is 1.22. The third kappa shape index (κ3) is 1.90. The Kier molecular flexibility index (Phi) is 3.04. The van der Waals surface area contributed by atoms with E-state index < -0.39 is 0 Å². The van der Waals surface area contributed by atoms with Crippen LogP contribution in [0.2, 0.25) is 0 Å². The molecular weight excluding hydrogens is 228 g/mol. The summed E-state index contributed by atoms with van der Waals surface area (Å²) >= 11 is 0. The van der Waals surface area contributed by atoms with Crippen molar-refractivity contribution in [2.24, 2.45) is 17.8 Å². The topological polar surface area (TPSA) is 62.2 Å². The van der Waals surface area contributed by atoms with Gasteiger partial charge in [-0.05, 0) is 43.2 Å². The molecule has 2 N–H and O–H groups in total. The van der Waals surface area contributed by atoms with Crippen LogP contribution in [-0.2, 0) is 0 Å². The Morgan fingerprint density at radius 2 is 2.22 bits per heavy atom. The summed E-state index contributed by atoms with van der Waals surface area (Å²) in [6.45, 7) is 0.175. The van der Waals surface area contributed by atoms with Gasteiger partial charge in [0, 0.05) is 24.8 Å². The van der Waals surface area contributed by atoms with Gasteiger partial charge in [-0.2, -0.15) is 0 Å². The molecule has 4 atom stereocenters. The average Bonchev–Trinajstić information content (AvgIpc) is 3.00. The normalized spacial score (nSPS) is 33.6. The van der Waals surface area contributed by atoms with Crippen molar-refractivity contribution in [2.45, 2.75) is 25.3 Å². The van der Waals surface area contributed by atoms with Gasteiger partial charge in [-0.25, -0.2) is 0 Å². The second-order valence-corrected chi connectivity index (χ2v) is 5.39. The molecule has 4 nitrogen and oxygen atoms in total. The van der Waals surface area contributed by atoms with E-state index in [4.69, 9.17) is 0 Å². The first-order valence-electron chi connectivity index (χ1n) is 6.62. The Hall–Kier alpha value is -1.42. The Bertz CT molecular complexity index is 435. The van der Waals surface area contributed by atoms with Crippen LogP contribution in [-0.4, -0.2) is 28.6 Å². The number of rotatable bonds is 3. The van der Waals surface area contributed by atoms with Gasteiger partial charge in [0.25, 0.3) is 5.91 Å². The molecule has 1 heterocycles. The fourth-order valence-corrected chi connectivity index (χ4v) is 3.62. The third-order valence-corrected chi connectivity index (χ3v) is 4.49. The van der Waals surface area contributed by atoms with E-state index >= 15 is 0 Å². The number of amides is 1. The van der Waals surface area contributed by atoms with E-state index in [0.717, 1.165) is 6.42 Å². The predicted molar refractivity (Wildman–Crippen MR) is 66.9 cm³/mol. The van der Waals surface area contributed by atoms with Crippen molar-refractivity contribution in [1.29, 1.82) is 0 Å². The molecule has 2 fully saturated rings. The largest absolute Gasteiger partial charge is 0.396 e. The fraction of sp³-hybridized carbons (Fsp3) is 0.571. The van der Waals surface area contributed by atoms with Gasteiger partial charge in [0.05, 0.1) is 0 Å². The quantitative estimate of drug-likeness (QED) is 0.843. The molecule has 1 aromatic heterocycles. The molecule has 0 spiro atoms. The number of nitrogens with zero attached hydrogens (tertiary/aromatic N) is 1. The van der Waals surface area contributed by atoms with Crippen LogP contribution >= 0.6 is 0 Å². The Labute approximate surface area is 106 Å². The van der Waals surface area contributed by atoms with E-state index in [1.54, 1.807) is 18.3 Å². The van der Waals surface area contributed by atoms with Crippen molar-refractivity contribution >= 4 is 5.91 Å². The lowest BCUT2D eigenvalue weighted by Crippen LogP contribution is -2.45. The molecule has 0 radical (unpaired) electrons. The van der Waals surface area contributed by atoms with Crippen molar-refractivity contribution in [2.75, 3.05) is 6.61 Å². The average molecular weight is 246 g/mol. The lowest BCUT2D eigenvalue weighted by Gasteiger charge is -2.30. The van der Waals surface area contributed by atoms with Crippen LogP contribution in [0.5, 0.6) is 0 Å². The highest BCUT2D eigenvalue weighted by molar-refractivity contribution is 5.92. The summed E-state index contributed by atoms with van der Waals surface area (Å²) in [7, 11) is 0. The first-order valence-corrected chi connectivity index (χ1v) is 6.62. The van der Waals surface area contributed by atoms with Crippen molar-refractivity contribution in [3.8, 4) is 0 Å². The van der Waals surface area contributed by atoms with Gasteiger partial charge in [0.15, 0.2) is 0 Å². The molecule has 96 valence electrons. The molecule has 2 bridgehead atoms. The third-order valence-electron chi connectivity index (χ3n) is 4.49. The minimum atomic E-state index is -0.119. The van der Waals surface area contributed by atoms with Crippen molar-refractivity contribution in [1.82, 2.24) is 10.3 Å². The maximum atomic E-state index is 12.1. The molecule has 1 amide bonds. The molecule has 4 unspecified atom stereocenters. The molecule has 18 heavy (non-hydrogen) atoms. The number of aliphatic hydroxyl groups is 1. The molecule has 2 aliphatic rings. The number of carbonyl (C=O) groups excluding carboxylic acids is 1. The monoisotopic (exact) mass is 246 g/mol. The van der Waals surface area contributed by atoms with E-state index in [-0.39, 0.29) is 24.5 Å². The fourth-order valence-electron chi connectivity index (χ4n) is 3.62. The van der Waals surface area contributed by atoms with Gasteiger partial charge in [-0.1, -0.05) is 6.07 Å². The number of hydrogen-bond acceptors (Lipinski definition) is 3. The molecule has 3 rings (SSSR count). The first-order chi connectivity index (χ1) is 8.79. The molecule has 1 aromatic rings. The molecule has 4 heteroatoms. The van der Waals surface area contributed by atoms with Gasteiger partial charge in [-0.15, -0.1) is 0 Å². The molecule has 2 saturated carbocycles. The number of pyridine rings is 1. The highest BCUT2D eigenvalue weighted by Crippen LogP contribution is 2.48. The van der Waals surface area contributed by atoms with Gasteiger partial charge < -0.3 is 10.4 Å². The summed E-state index contributed by atoms with van der Waals surface area (Å²) in [4.78, 5) is 16.1. The first kappa shape index (κ1) is 11.7. The molecular formula is C14H18N2O2. The van der Waals surface area contributed by atoms with E-state index in [1.165, 1.54) is 12.8 Å². The standard InChI is InChI=1S/C14H18N2O2/c17-8-11-9-4-5-10(7-9)13(11)16-14(18)12-3-1-2-6-15-12/h1-3,6,9-11,13,17H,4-5,7-8H2,(H,16,18). The molecule has 0 saturated heterocycles. The summed E-state index contributed by atoms with van der Waals surface area (Å²) in [6, 6.07) is 5.45. The SMILES string of the molecule is O=C(NC1C2CCC(C2)C1CO)c1ccccn1. The zero-order chi connectivity index (χ0) is 12.5. The Morgan fingerprint density at radius 1 is 1.39 bits per heavy atom. The van der Waals surface area contributed by atoms with Crippen LogP contribution in [0.25, 0.3) is 0 Å². The minimum Gasteiger partial charge on any atom is -0.396 e. The molecule has 0 aromatic carbocycles.